The highest BCUT2D eigenvalue weighted by Gasteiger charge is 2.52. The first-order valence-corrected chi connectivity index (χ1v) is 27.7. The van der Waals surface area contributed by atoms with Crippen LogP contribution in [-0.4, -0.2) is 194 Å². The molecule has 0 spiro atoms. The van der Waals surface area contributed by atoms with Crippen molar-refractivity contribution in [3.63, 3.8) is 0 Å². The summed E-state index contributed by atoms with van der Waals surface area (Å²) in [4.78, 5) is 90.0. The van der Waals surface area contributed by atoms with Crippen LogP contribution in [0.15, 0.2) is 78.7 Å². The molecule has 20 nitrogen and oxygen atoms in total. The number of esters is 3. The second kappa shape index (κ2) is 33.2. The van der Waals surface area contributed by atoms with Crippen LogP contribution in [0.3, 0.4) is 0 Å². The highest BCUT2D eigenvalue weighted by atomic mass is 79.9. The number of aromatic nitrogens is 6. The van der Waals surface area contributed by atoms with E-state index in [1.54, 1.807) is 39.4 Å². The van der Waals surface area contributed by atoms with E-state index in [2.05, 4.69) is 68.1 Å². The van der Waals surface area contributed by atoms with Gasteiger partial charge in [-0.2, -0.15) is 0 Å². The van der Waals surface area contributed by atoms with Crippen molar-refractivity contribution in [1.29, 1.82) is 0 Å². The molecular formula is C48H62B9Br3ClN9O11. The van der Waals surface area contributed by atoms with Crippen LogP contribution in [0, 0.1) is 0 Å². The minimum absolute atomic E-state index is 0. The number of carbonyl (C=O) groups excluding carboxylic acids is 3. The van der Waals surface area contributed by atoms with Gasteiger partial charge in [-0.15, -0.1) is 12.4 Å². The Morgan fingerprint density at radius 3 is 1.22 bits per heavy atom. The number of nitrogens with one attached hydrogen (secondary N) is 1. The van der Waals surface area contributed by atoms with Crippen LogP contribution in [0.25, 0.3) is 16.9 Å². The molecule has 0 amide bonds. The Labute approximate surface area is 512 Å². The average Bonchev–Trinajstić information content (AvgIpc) is 3.60. The molecule has 6 aromatic rings. The van der Waals surface area contributed by atoms with Crippen molar-refractivity contribution in [3.8, 4) is 0 Å². The van der Waals surface area contributed by atoms with Crippen molar-refractivity contribution in [1.82, 2.24) is 43.3 Å². The predicted molar refractivity (Wildman–Crippen MR) is 339 cm³/mol. The normalized spacial score (nSPS) is 12.8. The van der Waals surface area contributed by atoms with Crippen LogP contribution >= 0.6 is 60.2 Å². The molecule has 1 aliphatic heterocycles. The molecule has 7 rings (SSSR count). The molecule has 0 atom stereocenters. The van der Waals surface area contributed by atoms with Gasteiger partial charge in [-0.25, -0.2) is 29.3 Å². The summed E-state index contributed by atoms with van der Waals surface area (Å²) in [6.07, 6.45) is 6.86. The molecule has 6 aromatic heterocycles. The zero-order valence-electron chi connectivity index (χ0n) is 47.7. The van der Waals surface area contributed by atoms with Crippen LogP contribution in [0.1, 0.15) is 96.2 Å². The van der Waals surface area contributed by atoms with Gasteiger partial charge >= 0.3 is 25.0 Å². The van der Waals surface area contributed by atoms with Crippen LogP contribution in [-0.2, 0) is 41.9 Å². The van der Waals surface area contributed by atoms with E-state index in [-0.39, 0.29) is 48.9 Å². The molecule has 0 aromatic carbocycles. The lowest BCUT2D eigenvalue weighted by molar-refractivity contribution is 0.00578. The van der Waals surface area contributed by atoms with E-state index < -0.39 is 72.1 Å². The minimum atomic E-state index is -0.686. The molecule has 0 unspecified atom stereocenters. The third-order valence-electron chi connectivity index (χ3n) is 11.6. The maximum atomic E-state index is 13.0. The second-order valence-electron chi connectivity index (χ2n) is 19.3. The molecule has 0 saturated carbocycles. The SMILES string of the molecule is CCOC(=O)c1cnc2c(CBr)cc(Br)cn2c1=O.CCOC(=O)c1cnc2c(CN(C)C)cc(B3OC(C)(C)C(C)(C)O3)cn2c1=O.CCOC(=O)c1cnc2c(CN(C)C)cc(Br)cn2c1=O.CNC.Cl.[B]B([B])B([B])B([B])[B]. The summed E-state index contributed by atoms with van der Waals surface area (Å²) < 4.78 is 32.6. The number of carbonyl (C=O) groups is 3. The maximum Gasteiger partial charge on any atom is 0.496 e. The zero-order chi connectivity index (χ0) is 60.6. The highest BCUT2D eigenvalue weighted by Crippen LogP contribution is 2.36. The van der Waals surface area contributed by atoms with Crippen LogP contribution in [0.4, 0.5) is 0 Å². The summed E-state index contributed by atoms with van der Waals surface area (Å²) in [5, 5.41) is 3.31. The Kier molecular flexibility index (Phi) is 29.8. The van der Waals surface area contributed by atoms with Gasteiger partial charge in [-0.1, -0.05) is 22.0 Å². The molecule has 33 heteroatoms. The Morgan fingerprint density at radius 2 is 0.926 bits per heavy atom. The smallest absolute Gasteiger partial charge is 0.462 e. The fourth-order valence-electron chi connectivity index (χ4n) is 7.14. The number of pyridine rings is 3. The van der Waals surface area contributed by atoms with Gasteiger partial charge in [0, 0.05) is 139 Å². The van der Waals surface area contributed by atoms with E-state index in [4.69, 9.17) is 62.2 Å². The number of rotatable bonds is 14. The van der Waals surface area contributed by atoms with Crippen molar-refractivity contribution in [2.24, 2.45) is 0 Å². The standard InChI is InChI=1S/C20H28BN3O5.C14H16BrN3O3.C12H10Br2N2O3.C2H7N.B8.ClH/c1-8-27-18(26)15-10-22-16-13(11-23(6)7)9-14(12-24(16)17(15)25)21-28-19(2,3)20(4,5)29-21;1-4-21-14(20)11-6-16-12-9(7-17(2)3)5-10(15)8-18(12)13(11)19;1-2-19-12(18)9-5-15-10-7(4-13)3-8(14)6-16(10)11(9)17;1-3-2;1-6(2)8(5)7(3)4;/h9-10,12H,8,11H2,1-7H3;5-6,8H,4,7H2,1-3H3;3,5-6H,2,4H2,1H3;3H,1-2H3;;1H. The number of hydrogen-bond acceptors (Lipinski definition) is 17. The zero-order valence-corrected chi connectivity index (χ0v) is 53.3. The van der Waals surface area contributed by atoms with Gasteiger partial charge < -0.3 is 38.6 Å². The number of hydrogen-bond donors (Lipinski definition) is 1. The molecular weight excluding hydrogens is 1250 g/mol. The molecule has 1 aliphatic rings. The van der Waals surface area contributed by atoms with Gasteiger partial charge in [-0.3, -0.25) is 27.6 Å². The number of halogens is 4. The van der Waals surface area contributed by atoms with Crippen LogP contribution in [0.2, 0.25) is 0 Å². The third kappa shape index (κ3) is 19.6. The highest BCUT2D eigenvalue weighted by molar-refractivity contribution is 9.10. The first-order valence-electron chi connectivity index (χ1n) is 25.0. The first-order chi connectivity index (χ1) is 37.4. The predicted octanol–water partition coefficient (Wildman–Crippen LogP) is 2.67. The maximum absolute atomic E-state index is 13.0. The first kappa shape index (κ1) is 72.7. The topological polar surface area (TPSA) is 219 Å². The van der Waals surface area contributed by atoms with E-state index in [0.717, 1.165) is 25.6 Å². The van der Waals surface area contributed by atoms with Gasteiger partial charge in [0.2, 0.25) is 0 Å². The van der Waals surface area contributed by atoms with Crippen molar-refractivity contribution >= 4 is 165 Å². The van der Waals surface area contributed by atoms with Gasteiger partial charge in [0.1, 0.15) is 33.6 Å². The summed E-state index contributed by atoms with van der Waals surface area (Å²) in [6, 6.07) is 5.71. The lowest BCUT2D eigenvalue weighted by atomic mass is 8.68. The van der Waals surface area contributed by atoms with Gasteiger partial charge in [-0.05, 0) is 140 Å². The summed E-state index contributed by atoms with van der Waals surface area (Å²) in [5.74, 6) is -2.00. The van der Waals surface area contributed by atoms with Crippen molar-refractivity contribution in [2.45, 2.75) is 78.1 Å². The van der Waals surface area contributed by atoms with Crippen LogP contribution in [0.5, 0.6) is 0 Å². The molecule has 81 heavy (non-hydrogen) atoms. The largest absolute Gasteiger partial charge is 0.496 e. The third-order valence-corrected chi connectivity index (χ3v) is 13.1. The molecule has 420 valence electrons. The van der Waals surface area contributed by atoms with E-state index in [0.29, 0.717) is 40.8 Å². The van der Waals surface area contributed by atoms with Gasteiger partial charge in [0.05, 0.1) is 31.0 Å². The van der Waals surface area contributed by atoms with Crippen molar-refractivity contribution in [3.05, 3.63) is 129 Å². The van der Waals surface area contributed by atoms with Gasteiger partial charge in [0.15, 0.2) is 0 Å². The number of nitrogens with zero attached hydrogens (tertiary/aromatic N) is 8. The van der Waals surface area contributed by atoms with E-state index in [1.807, 2.05) is 98.0 Å². The molecule has 10 radical (unpaired) electrons. The van der Waals surface area contributed by atoms with E-state index >= 15 is 0 Å². The molecule has 7 heterocycles. The quantitative estimate of drug-likeness (QED) is 0.0718. The summed E-state index contributed by atoms with van der Waals surface area (Å²) >= 11 is 10.0. The van der Waals surface area contributed by atoms with Crippen LogP contribution < -0.4 is 27.5 Å². The Balaban J connectivity index is 0.000000385. The summed E-state index contributed by atoms with van der Waals surface area (Å²) in [6.45, 7) is 14.8. The van der Waals surface area contributed by atoms with E-state index in [9.17, 15) is 28.8 Å². The fourth-order valence-corrected chi connectivity index (χ4v) is 8.51. The molecule has 1 N–H and O–H groups in total. The number of ether oxygens (including phenoxy) is 3. The van der Waals surface area contributed by atoms with E-state index in [1.165, 1.54) is 31.8 Å². The van der Waals surface area contributed by atoms with Gasteiger partial charge in [0.25, 0.3) is 16.7 Å². The number of fused-ring (bicyclic) bond motifs is 3. The molecule has 1 saturated heterocycles. The average molecular weight is 1310 g/mol. The lowest BCUT2D eigenvalue weighted by Crippen LogP contribution is -2.52. The fraction of sp³-hybridized carbons (Fsp3) is 0.438. The Bertz CT molecular complexity index is 3290. The summed E-state index contributed by atoms with van der Waals surface area (Å²) in [7, 11) is 36.6. The Morgan fingerprint density at radius 1 is 0.617 bits per heavy atom. The summed E-state index contributed by atoms with van der Waals surface area (Å²) in [5.41, 5.74) is 2.18. The monoisotopic (exact) mass is 1310 g/mol. The lowest BCUT2D eigenvalue weighted by Gasteiger charge is -2.32. The Hall–Kier alpha value is -4.40. The molecule has 1 fully saturated rings. The minimum Gasteiger partial charge on any atom is -0.462 e. The number of alkyl halides is 1. The van der Waals surface area contributed by atoms with Crippen molar-refractivity contribution < 1.29 is 37.9 Å². The molecule has 0 aliphatic carbocycles. The van der Waals surface area contributed by atoms with Crippen molar-refractivity contribution in [2.75, 3.05) is 62.1 Å². The second-order valence-corrected chi connectivity index (χ2v) is 21.7. The molecule has 0 bridgehead atoms.